The van der Waals surface area contributed by atoms with Gasteiger partial charge in [0.1, 0.15) is 5.75 Å². The molecule has 88 valence electrons. The summed E-state index contributed by atoms with van der Waals surface area (Å²) in [6.45, 7) is 3.65. The average Bonchev–Trinajstić information content (AvgIpc) is 2.28. The Labute approximate surface area is 95.2 Å². The number of benzene rings is 1. The zero-order valence-electron chi connectivity index (χ0n) is 9.40. The first-order valence-electron chi connectivity index (χ1n) is 5.36. The third kappa shape index (κ3) is 4.79. The summed E-state index contributed by atoms with van der Waals surface area (Å²) in [7, 11) is 0. The molecule has 0 spiro atoms. The lowest BCUT2D eigenvalue weighted by molar-refractivity contribution is -0.139. The van der Waals surface area contributed by atoms with Crippen LogP contribution in [0.3, 0.4) is 0 Å². The molecule has 1 aromatic rings. The molecule has 0 bridgehead atoms. The number of rotatable bonds is 7. The number of carboxylic acids is 1. The van der Waals surface area contributed by atoms with Crippen molar-refractivity contribution in [1.29, 1.82) is 0 Å². The van der Waals surface area contributed by atoms with E-state index in [1.807, 2.05) is 12.1 Å². The van der Waals surface area contributed by atoms with Gasteiger partial charge in [0, 0.05) is 6.54 Å². The molecule has 0 aliphatic carbocycles. The number of carboxylic acid groups (broad SMARTS) is 1. The van der Waals surface area contributed by atoms with Crippen molar-refractivity contribution in [3.05, 3.63) is 29.8 Å². The molecule has 16 heavy (non-hydrogen) atoms. The fourth-order valence-corrected chi connectivity index (χ4v) is 1.26. The first-order valence-corrected chi connectivity index (χ1v) is 5.36. The predicted octanol–water partition coefficient (Wildman–Crippen LogP) is 1.65. The monoisotopic (exact) mass is 223 g/mol. The van der Waals surface area contributed by atoms with Crippen molar-refractivity contribution in [2.45, 2.75) is 19.9 Å². The van der Waals surface area contributed by atoms with Crippen LogP contribution >= 0.6 is 0 Å². The van der Waals surface area contributed by atoms with Gasteiger partial charge in [-0.05, 0) is 30.7 Å². The Kier molecular flexibility index (Phi) is 5.36. The van der Waals surface area contributed by atoms with E-state index < -0.39 is 5.97 Å². The van der Waals surface area contributed by atoms with Crippen LogP contribution in [0.15, 0.2) is 24.3 Å². The second-order valence-electron chi connectivity index (χ2n) is 3.50. The van der Waals surface area contributed by atoms with E-state index in [-0.39, 0.29) is 6.61 Å². The SMILES string of the molecule is CCCNCc1ccc(OCC(=O)O)cc1. The second kappa shape index (κ2) is 6.85. The van der Waals surface area contributed by atoms with Crippen molar-refractivity contribution >= 4 is 5.97 Å². The Hall–Kier alpha value is -1.55. The zero-order chi connectivity index (χ0) is 11.8. The van der Waals surface area contributed by atoms with E-state index in [4.69, 9.17) is 9.84 Å². The number of nitrogens with one attached hydrogen (secondary N) is 1. The van der Waals surface area contributed by atoms with Crippen molar-refractivity contribution in [2.24, 2.45) is 0 Å². The van der Waals surface area contributed by atoms with Crippen molar-refractivity contribution in [1.82, 2.24) is 5.32 Å². The second-order valence-corrected chi connectivity index (χ2v) is 3.50. The summed E-state index contributed by atoms with van der Waals surface area (Å²) in [6.07, 6.45) is 1.11. The molecule has 4 heteroatoms. The lowest BCUT2D eigenvalue weighted by Gasteiger charge is -2.05. The lowest BCUT2D eigenvalue weighted by Crippen LogP contribution is -2.13. The van der Waals surface area contributed by atoms with Crippen LogP contribution in [0.25, 0.3) is 0 Å². The Morgan fingerprint density at radius 1 is 1.38 bits per heavy atom. The molecule has 4 nitrogen and oxygen atoms in total. The molecule has 1 aromatic carbocycles. The van der Waals surface area contributed by atoms with E-state index in [2.05, 4.69) is 12.2 Å². The molecule has 0 amide bonds. The van der Waals surface area contributed by atoms with Crippen LogP contribution in [0, 0.1) is 0 Å². The number of hydrogen-bond donors (Lipinski definition) is 2. The fraction of sp³-hybridized carbons (Fsp3) is 0.417. The minimum atomic E-state index is -0.964. The van der Waals surface area contributed by atoms with Gasteiger partial charge in [-0.3, -0.25) is 0 Å². The molecular weight excluding hydrogens is 206 g/mol. The van der Waals surface area contributed by atoms with Crippen LogP contribution < -0.4 is 10.1 Å². The van der Waals surface area contributed by atoms with E-state index in [9.17, 15) is 4.79 Å². The topological polar surface area (TPSA) is 58.6 Å². The molecule has 2 N–H and O–H groups in total. The van der Waals surface area contributed by atoms with E-state index >= 15 is 0 Å². The highest BCUT2D eigenvalue weighted by molar-refractivity contribution is 5.68. The smallest absolute Gasteiger partial charge is 0.341 e. The molecule has 0 fully saturated rings. The van der Waals surface area contributed by atoms with Crippen LogP contribution in [0.1, 0.15) is 18.9 Å². The van der Waals surface area contributed by atoms with Gasteiger partial charge in [-0.1, -0.05) is 19.1 Å². The van der Waals surface area contributed by atoms with E-state index in [1.165, 1.54) is 0 Å². The van der Waals surface area contributed by atoms with Gasteiger partial charge in [0.05, 0.1) is 0 Å². The Morgan fingerprint density at radius 3 is 2.62 bits per heavy atom. The molecule has 0 radical (unpaired) electrons. The third-order valence-electron chi connectivity index (χ3n) is 2.04. The summed E-state index contributed by atoms with van der Waals surface area (Å²) in [5.74, 6) is -0.379. The maximum atomic E-state index is 10.3. The van der Waals surface area contributed by atoms with Crippen LogP contribution in [0.2, 0.25) is 0 Å². The van der Waals surface area contributed by atoms with E-state index in [1.54, 1.807) is 12.1 Å². The van der Waals surface area contributed by atoms with Gasteiger partial charge in [-0.2, -0.15) is 0 Å². The maximum absolute atomic E-state index is 10.3. The van der Waals surface area contributed by atoms with E-state index in [0.29, 0.717) is 5.75 Å². The van der Waals surface area contributed by atoms with Gasteiger partial charge in [0.15, 0.2) is 6.61 Å². The Morgan fingerprint density at radius 2 is 2.06 bits per heavy atom. The summed E-state index contributed by atoms with van der Waals surface area (Å²) in [4.78, 5) is 10.3. The van der Waals surface area contributed by atoms with Gasteiger partial charge in [0.2, 0.25) is 0 Å². The van der Waals surface area contributed by atoms with Crippen LogP contribution in [0.5, 0.6) is 5.75 Å². The summed E-state index contributed by atoms with van der Waals surface area (Å²) in [5, 5.41) is 11.7. The summed E-state index contributed by atoms with van der Waals surface area (Å²) in [6, 6.07) is 7.43. The minimum absolute atomic E-state index is 0.298. The summed E-state index contributed by atoms with van der Waals surface area (Å²) >= 11 is 0. The third-order valence-corrected chi connectivity index (χ3v) is 2.04. The molecule has 0 aliphatic rings. The Bertz CT molecular complexity index is 322. The largest absolute Gasteiger partial charge is 0.482 e. The van der Waals surface area contributed by atoms with Crippen molar-refractivity contribution < 1.29 is 14.6 Å². The summed E-state index contributed by atoms with van der Waals surface area (Å²) < 4.78 is 5.03. The quantitative estimate of drug-likeness (QED) is 0.690. The first-order chi connectivity index (χ1) is 7.72. The zero-order valence-corrected chi connectivity index (χ0v) is 9.40. The molecule has 0 unspecified atom stereocenters. The number of hydrogen-bond acceptors (Lipinski definition) is 3. The van der Waals surface area contributed by atoms with E-state index in [0.717, 1.165) is 25.1 Å². The normalized spacial score (nSPS) is 10.1. The molecule has 0 atom stereocenters. The lowest BCUT2D eigenvalue weighted by atomic mass is 10.2. The number of aliphatic carboxylic acids is 1. The van der Waals surface area contributed by atoms with Crippen molar-refractivity contribution in [3.8, 4) is 5.75 Å². The van der Waals surface area contributed by atoms with Gasteiger partial charge >= 0.3 is 5.97 Å². The highest BCUT2D eigenvalue weighted by Crippen LogP contribution is 2.11. The molecular formula is C12H17NO3. The number of carbonyl (C=O) groups is 1. The van der Waals surface area contributed by atoms with Gasteiger partial charge < -0.3 is 15.2 Å². The van der Waals surface area contributed by atoms with Gasteiger partial charge in [0.25, 0.3) is 0 Å². The van der Waals surface area contributed by atoms with Crippen LogP contribution in [-0.2, 0) is 11.3 Å². The van der Waals surface area contributed by atoms with Crippen LogP contribution in [-0.4, -0.2) is 24.2 Å². The highest BCUT2D eigenvalue weighted by Gasteiger charge is 1.99. The highest BCUT2D eigenvalue weighted by atomic mass is 16.5. The van der Waals surface area contributed by atoms with Crippen molar-refractivity contribution in [2.75, 3.05) is 13.2 Å². The number of ether oxygens (including phenoxy) is 1. The molecule has 0 heterocycles. The van der Waals surface area contributed by atoms with Gasteiger partial charge in [-0.25, -0.2) is 4.79 Å². The molecule has 0 aliphatic heterocycles. The molecule has 0 saturated carbocycles. The first kappa shape index (κ1) is 12.5. The van der Waals surface area contributed by atoms with Gasteiger partial charge in [-0.15, -0.1) is 0 Å². The molecule has 0 aromatic heterocycles. The Balaban J connectivity index is 2.38. The predicted molar refractivity (Wildman–Crippen MR) is 61.6 cm³/mol. The van der Waals surface area contributed by atoms with Crippen LogP contribution in [0.4, 0.5) is 0 Å². The molecule has 1 rings (SSSR count). The maximum Gasteiger partial charge on any atom is 0.341 e. The summed E-state index contributed by atoms with van der Waals surface area (Å²) in [5.41, 5.74) is 1.16. The molecule has 0 saturated heterocycles. The minimum Gasteiger partial charge on any atom is -0.482 e. The average molecular weight is 223 g/mol. The fourth-order valence-electron chi connectivity index (χ4n) is 1.26. The standard InChI is InChI=1S/C12H17NO3/c1-2-7-13-8-10-3-5-11(6-4-10)16-9-12(14)15/h3-6,13H,2,7-9H2,1H3,(H,14,15). The van der Waals surface area contributed by atoms with Crippen molar-refractivity contribution in [3.63, 3.8) is 0 Å².